The number of hydrogen-bond acceptors (Lipinski definition) is 4. The Morgan fingerprint density at radius 2 is 2.17 bits per heavy atom. The summed E-state index contributed by atoms with van der Waals surface area (Å²) in [4.78, 5) is 23.8. The predicted molar refractivity (Wildman–Crippen MR) is 111 cm³/mol. The van der Waals surface area contributed by atoms with Crippen molar-refractivity contribution in [2.24, 2.45) is 4.99 Å². The van der Waals surface area contributed by atoms with Gasteiger partial charge in [0.1, 0.15) is 5.03 Å². The minimum Gasteiger partial charge on any atom is -0.378 e. The molecular formula is C22H19ClFN3O2. The third kappa shape index (κ3) is 3.76. The van der Waals surface area contributed by atoms with Gasteiger partial charge in [0.15, 0.2) is 11.6 Å². The van der Waals surface area contributed by atoms with Crippen LogP contribution < -0.4 is 0 Å². The molecule has 2 aliphatic rings. The number of nitrogens with zero attached hydrogens (tertiary/aromatic N) is 3. The highest BCUT2D eigenvalue weighted by Crippen LogP contribution is 2.32. The van der Waals surface area contributed by atoms with Crippen LogP contribution in [0, 0.1) is 11.8 Å². The molecule has 148 valence electrons. The van der Waals surface area contributed by atoms with E-state index in [1.165, 1.54) is 6.20 Å². The Hall–Kier alpha value is -2.75. The fraction of sp³-hybridized carbons (Fsp3) is 0.318. The first kappa shape index (κ1) is 19.6. The van der Waals surface area contributed by atoms with E-state index in [2.05, 4.69) is 21.8 Å². The van der Waals surface area contributed by atoms with Crippen LogP contribution in [0.25, 0.3) is 10.8 Å². The summed E-state index contributed by atoms with van der Waals surface area (Å²) >= 11 is 5.82. The van der Waals surface area contributed by atoms with Crippen molar-refractivity contribution in [2.75, 3.05) is 26.3 Å². The molecule has 7 heteroatoms. The summed E-state index contributed by atoms with van der Waals surface area (Å²) in [5.41, 5.74) is 1.69. The molecule has 1 aliphatic heterocycles. The zero-order valence-corrected chi connectivity index (χ0v) is 16.7. The number of aryl methyl sites for hydroxylation is 1. The quantitative estimate of drug-likeness (QED) is 0.712. The molecule has 1 fully saturated rings. The summed E-state index contributed by atoms with van der Waals surface area (Å²) in [5.74, 6) is 4.94. The number of allylic oxidation sites excluding steroid dienone is 2. The summed E-state index contributed by atoms with van der Waals surface area (Å²) < 4.78 is 19.7. The highest BCUT2D eigenvalue weighted by molar-refractivity contribution is 6.35. The van der Waals surface area contributed by atoms with Crippen LogP contribution in [0.4, 0.5) is 10.2 Å². The fourth-order valence-electron chi connectivity index (χ4n) is 3.53. The lowest BCUT2D eigenvalue weighted by Crippen LogP contribution is -2.40. The van der Waals surface area contributed by atoms with Crippen LogP contribution in [-0.2, 0) is 11.2 Å². The molecule has 0 unspecified atom stereocenters. The van der Waals surface area contributed by atoms with Crippen LogP contribution in [0.15, 0.2) is 40.2 Å². The number of rotatable bonds is 3. The van der Waals surface area contributed by atoms with Gasteiger partial charge in [-0.05, 0) is 12.0 Å². The van der Waals surface area contributed by atoms with Crippen LogP contribution in [0.5, 0.6) is 0 Å². The molecule has 5 nitrogen and oxygen atoms in total. The van der Waals surface area contributed by atoms with Gasteiger partial charge in [-0.3, -0.25) is 4.79 Å². The number of carbonyl (C=O) groups is 1. The first-order valence-electron chi connectivity index (χ1n) is 9.49. The molecular weight excluding hydrogens is 393 g/mol. The first-order chi connectivity index (χ1) is 14.1. The van der Waals surface area contributed by atoms with Gasteiger partial charge in [-0.1, -0.05) is 48.6 Å². The van der Waals surface area contributed by atoms with Crippen molar-refractivity contribution in [1.82, 2.24) is 9.88 Å². The van der Waals surface area contributed by atoms with Gasteiger partial charge in [0.05, 0.1) is 30.9 Å². The molecule has 1 aliphatic carbocycles. The summed E-state index contributed by atoms with van der Waals surface area (Å²) in [6.45, 7) is 4.17. The van der Waals surface area contributed by atoms with E-state index in [0.717, 1.165) is 17.4 Å². The van der Waals surface area contributed by atoms with E-state index in [9.17, 15) is 9.18 Å². The van der Waals surface area contributed by atoms with Crippen molar-refractivity contribution in [3.05, 3.63) is 46.4 Å². The molecule has 0 spiro atoms. The Morgan fingerprint density at radius 3 is 2.93 bits per heavy atom. The monoisotopic (exact) mass is 411 g/mol. The second kappa shape index (κ2) is 8.32. The van der Waals surface area contributed by atoms with E-state index in [1.807, 2.05) is 25.1 Å². The zero-order valence-electron chi connectivity index (χ0n) is 16.0. The van der Waals surface area contributed by atoms with E-state index in [0.29, 0.717) is 43.1 Å². The topological polar surface area (TPSA) is 54.8 Å². The van der Waals surface area contributed by atoms with Gasteiger partial charge in [-0.25, -0.2) is 14.4 Å². The normalized spacial score (nSPS) is 18.2. The third-order valence-corrected chi connectivity index (χ3v) is 5.29. The van der Waals surface area contributed by atoms with Gasteiger partial charge in [0.25, 0.3) is 5.91 Å². The van der Waals surface area contributed by atoms with Crippen molar-refractivity contribution in [2.45, 2.75) is 19.8 Å². The number of benzene rings is 1. The highest BCUT2D eigenvalue weighted by atomic mass is 35.5. The Balaban J connectivity index is 1.86. The van der Waals surface area contributed by atoms with Crippen molar-refractivity contribution in [3.8, 4) is 11.8 Å². The lowest BCUT2D eigenvalue weighted by atomic mass is 9.98. The molecule has 0 radical (unpaired) electrons. The van der Waals surface area contributed by atoms with Crippen LogP contribution in [-0.4, -0.2) is 47.8 Å². The SMILES string of the molecule is CCc1cccc2c(N=C3CC#CC(Cl)=C3F)ncc(C(=O)N3CCOCC3)c12. The Labute approximate surface area is 173 Å². The smallest absolute Gasteiger partial charge is 0.256 e. The van der Waals surface area contributed by atoms with Crippen molar-refractivity contribution < 1.29 is 13.9 Å². The molecule has 1 aromatic heterocycles. The van der Waals surface area contributed by atoms with Gasteiger partial charge in [0, 0.05) is 30.1 Å². The number of ether oxygens (including phenoxy) is 1. The summed E-state index contributed by atoms with van der Waals surface area (Å²) in [6, 6.07) is 5.74. The summed E-state index contributed by atoms with van der Waals surface area (Å²) in [5, 5.41) is 1.37. The number of carbonyl (C=O) groups excluding carboxylic acids is 1. The number of aromatic nitrogens is 1. The Bertz CT molecular complexity index is 1110. The third-order valence-electron chi connectivity index (χ3n) is 5.03. The fourth-order valence-corrected chi connectivity index (χ4v) is 3.70. The average molecular weight is 412 g/mol. The molecule has 0 atom stereocenters. The molecule has 0 N–H and O–H groups in total. The zero-order chi connectivity index (χ0) is 20.4. The van der Waals surface area contributed by atoms with Gasteiger partial charge in [-0.2, -0.15) is 0 Å². The van der Waals surface area contributed by atoms with Crippen LogP contribution in [0.3, 0.4) is 0 Å². The number of morpholine rings is 1. The summed E-state index contributed by atoms with van der Waals surface area (Å²) in [6.07, 6.45) is 2.44. The maximum Gasteiger partial charge on any atom is 0.256 e. The van der Waals surface area contributed by atoms with E-state index in [-0.39, 0.29) is 23.1 Å². The Morgan fingerprint density at radius 1 is 1.38 bits per heavy atom. The van der Waals surface area contributed by atoms with Crippen molar-refractivity contribution >= 4 is 39.8 Å². The molecule has 29 heavy (non-hydrogen) atoms. The number of aliphatic imine (C=N–C) groups is 1. The average Bonchev–Trinajstić information content (AvgIpc) is 2.76. The van der Waals surface area contributed by atoms with Crippen LogP contribution in [0.1, 0.15) is 29.3 Å². The molecule has 2 aromatic rings. The molecule has 1 amide bonds. The van der Waals surface area contributed by atoms with Gasteiger partial charge < -0.3 is 9.64 Å². The van der Waals surface area contributed by atoms with E-state index < -0.39 is 5.83 Å². The second-order valence-electron chi connectivity index (χ2n) is 6.76. The first-order valence-corrected chi connectivity index (χ1v) is 9.87. The largest absolute Gasteiger partial charge is 0.378 e. The predicted octanol–water partition coefficient (Wildman–Crippen LogP) is 4.17. The lowest BCUT2D eigenvalue weighted by molar-refractivity contribution is 0.0304. The molecule has 0 bridgehead atoms. The summed E-state index contributed by atoms with van der Waals surface area (Å²) in [7, 11) is 0. The Kier molecular flexibility index (Phi) is 5.61. The molecule has 1 saturated heterocycles. The maximum atomic E-state index is 14.3. The van der Waals surface area contributed by atoms with Gasteiger partial charge in [-0.15, -0.1) is 0 Å². The van der Waals surface area contributed by atoms with Crippen LogP contribution >= 0.6 is 11.6 Å². The van der Waals surface area contributed by atoms with E-state index in [1.54, 1.807) is 4.90 Å². The number of pyridine rings is 1. The minimum absolute atomic E-state index is 0.0800. The number of halogens is 2. The number of fused-ring (bicyclic) bond motifs is 1. The minimum atomic E-state index is -0.625. The second-order valence-corrected chi connectivity index (χ2v) is 7.14. The molecule has 4 rings (SSSR count). The number of hydrogen-bond donors (Lipinski definition) is 0. The molecule has 0 saturated carbocycles. The van der Waals surface area contributed by atoms with E-state index in [4.69, 9.17) is 16.3 Å². The van der Waals surface area contributed by atoms with Gasteiger partial charge in [0.2, 0.25) is 0 Å². The van der Waals surface area contributed by atoms with Crippen LogP contribution in [0.2, 0.25) is 0 Å². The van der Waals surface area contributed by atoms with Crippen molar-refractivity contribution in [1.29, 1.82) is 0 Å². The van der Waals surface area contributed by atoms with Gasteiger partial charge >= 0.3 is 0 Å². The van der Waals surface area contributed by atoms with E-state index >= 15 is 0 Å². The van der Waals surface area contributed by atoms with Crippen molar-refractivity contribution in [3.63, 3.8) is 0 Å². The lowest BCUT2D eigenvalue weighted by Gasteiger charge is -2.27. The number of amides is 1. The molecule has 2 heterocycles. The highest BCUT2D eigenvalue weighted by Gasteiger charge is 2.23. The molecule has 1 aromatic carbocycles. The maximum absolute atomic E-state index is 14.3. The standard InChI is InChI=1S/C22H19ClFN3O2/c1-2-14-5-3-6-15-19(14)16(22(28)27-9-11-29-12-10-27)13-25-21(15)26-18-8-4-7-17(23)20(18)24/h3,5-6,13H,2,8-12H2,1H3.